The molecule has 8 nitrogen and oxygen atoms in total. The van der Waals surface area contributed by atoms with Crippen molar-refractivity contribution in [2.45, 2.75) is 12.8 Å². The lowest BCUT2D eigenvalue weighted by Gasteiger charge is -2.36. The molecule has 0 saturated carbocycles. The quantitative estimate of drug-likeness (QED) is 0.632. The summed E-state index contributed by atoms with van der Waals surface area (Å²) >= 11 is 0. The summed E-state index contributed by atoms with van der Waals surface area (Å²) in [6, 6.07) is 10.7. The number of carbonyl (C=O) groups excluding carboxylic acids is 1. The number of furan rings is 1. The van der Waals surface area contributed by atoms with Crippen LogP contribution in [0.5, 0.6) is 11.5 Å². The molecule has 3 aromatic rings. The second-order valence-corrected chi connectivity index (χ2v) is 6.12. The highest BCUT2D eigenvalue weighted by Gasteiger charge is 2.35. The minimum Gasteiger partial charge on any atom is -0.494 e. The van der Waals surface area contributed by atoms with Gasteiger partial charge in [0.15, 0.2) is 12.4 Å². The van der Waals surface area contributed by atoms with Crippen LogP contribution < -0.4 is 9.47 Å². The fourth-order valence-electron chi connectivity index (χ4n) is 2.78. The largest absolute Gasteiger partial charge is 0.494 e. The lowest BCUT2D eigenvalue weighted by molar-refractivity contribution is -0.138. The summed E-state index contributed by atoms with van der Waals surface area (Å²) in [5.74, 6) is 2.85. The molecule has 0 N–H and O–H groups in total. The maximum Gasteiger partial charge on any atom is 0.260 e. The molecule has 0 atom stereocenters. The zero-order valence-electron chi connectivity index (χ0n) is 14.8. The van der Waals surface area contributed by atoms with Crippen molar-refractivity contribution < 1.29 is 23.2 Å². The minimum absolute atomic E-state index is 0.0117. The standard InChI is InChI=1S/C19H19N3O5/c1-2-24-14-5-7-15(8-6-14)26-12-17(23)22-10-13(11-22)19-20-18(21-27-19)16-4-3-9-25-16/h3-9,13H,2,10-12H2,1H3. The van der Waals surface area contributed by atoms with Gasteiger partial charge in [-0.25, -0.2) is 0 Å². The van der Waals surface area contributed by atoms with Crippen molar-refractivity contribution in [3.8, 4) is 23.1 Å². The summed E-state index contributed by atoms with van der Waals surface area (Å²) in [7, 11) is 0. The van der Waals surface area contributed by atoms with Crippen LogP contribution in [0.4, 0.5) is 0 Å². The summed E-state index contributed by atoms with van der Waals surface area (Å²) in [5.41, 5.74) is 0. The van der Waals surface area contributed by atoms with E-state index in [1.807, 2.05) is 19.1 Å². The Hall–Kier alpha value is -3.29. The SMILES string of the molecule is CCOc1ccc(OCC(=O)N2CC(c3nc(-c4ccco4)no3)C2)cc1. The average Bonchev–Trinajstić information content (AvgIpc) is 3.32. The summed E-state index contributed by atoms with van der Waals surface area (Å²) in [5, 5.41) is 3.91. The van der Waals surface area contributed by atoms with Crippen molar-refractivity contribution in [2.75, 3.05) is 26.3 Å². The first-order chi connectivity index (χ1) is 13.2. The topological polar surface area (TPSA) is 90.8 Å². The molecule has 1 amide bonds. The first-order valence-electron chi connectivity index (χ1n) is 8.74. The van der Waals surface area contributed by atoms with Crippen LogP contribution in [-0.2, 0) is 4.79 Å². The third-order valence-corrected chi connectivity index (χ3v) is 4.26. The molecule has 1 fully saturated rings. The predicted octanol–water partition coefficient (Wildman–Crippen LogP) is 2.73. The van der Waals surface area contributed by atoms with Crippen molar-refractivity contribution in [1.29, 1.82) is 0 Å². The molecule has 4 rings (SSSR count). The number of likely N-dealkylation sites (tertiary alicyclic amines) is 1. The number of hydrogen-bond donors (Lipinski definition) is 0. The number of nitrogens with zero attached hydrogens (tertiary/aromatic N) is 3. The van der Waals surface area contributed by atoms with Crippen molar-refractivity contribution in [3.05, 3.63) is 48.6 Å². The second-order valence-electron chi connectivity index (χ2n) is 6.12. The van der Waals surface area contributed by atoms with Crippen LogP contribution in [0.2, 0.25) is 0 Å². The Bertz CT molecular complexity index is 882. The lowest BCUT2D eigenvalue weighted by atomic mass is 10.0. The van der Waals surface area contributed by atoms with Gasteiger partial charge < -0.3 is 23.3 Å². The number of aromatic nitrogens is 2. The third kappa shape index (κ3) is 3.79. The lowest BCUT2D eigenvalue weighted by Crippen LogP contribution is -2.50. The highest BCUT2D eigenvalue weighted by Crippen LogP contribution is 2.28. The maximum absolute atomic E-state index is 12.2. The van der Waals surface area contributed by atoms with Gasteiger partial charge in [0.1, 0.15) is 11.5 Å². The number of hydrogen-bond acceptors (Lipinski definition) is 7. The van der Waals surface area contributed by atoms with E-state index < -0.39 is 0 Å². The Balaban J connectivity index is 1.25. The molecule has 140 valence electrons. The molecule has 27 heavy (non-hydrogen) atoms. The van der Waals surface area contributed by atoms with Crippen LogP contribution in [0, 0.1) is 0 Å². The van der Waals surface area contributed by atoms with Gasteiger partial charge in [-0.2, -0.15) is 4.98 Å². The van der Waals surface area contributed by atoms with Gasteiger partial charge >= 0.3 is 0 Å². The van der Waals surface area contributed by atoms with Gasteiger partial charge in [-0.1, -0.05) is 5.16 Å². The van der Waals surface area contributed by atoms with Gasteiger partial charge in [-0.05, 0) is 43.3 Å². The normalized spacial score (nSPS) is 14.0. The number of benzene rings is 1. The number of ether oxygens (including phenoxy) is 2. The van der Waals surface area contributed by atoms with E-state index in [0.717, 1.165) is 5.75 Å². The van der Waals surface area contributed by atoms with Crippen molar-refractivity contribution in [3.63, 3.8) is 0 Å². The van der Waals surface area contributed by atoms with Gasteiger partial charge in [-0.15, -0.1) is 0 Å². The van der Waals surface area contributed by atoms with Crippen LogP contribution >= 0.6 is 0 Å². The molecular formula is C19H19N3O5. The highest BCUT2D eigenvalue weighted by molar-refractivity contribution is 5.78. The molecule has 1 aromatic carbocycles. The van der Waals surface area contributed by atoms with Crippen LogP contribution in [-0.4, -0.2) is 47.3 Å². The van der Waals surface area contributed by atoms with E-state index in [9.17, 15) is 4.79 Å². The summed E-state index contributed by atoms with van der Waals surface area (Å²) in [4.78, 5) is 18.3. The molecule has 1 saturated heterocycles. The third-order valence-electron chi connectivity index (χ3n) is 4.26. The first kappa shape index (κ1) is 17.1. The number of amides is 1. The molecule has 0 aliphatic carbocycles. The Kier molecular flexibility index (Phi) is 4.78. The molecule has 8 heteroatoms. The smallest absolute Gasteiger partial charge is 0.260 e. The van der Waals surface area contributed by atoms with E-state index >= 15 is 0 Å². The predicted molar refractivity (Wildman–Crippen MR) is 94.4 cm³/mol. The monoisotopic (exact) mass is 369 g/mol. The molecule has 1 aliphatic rings. The number of rotatable bonds is 7. The molecule has 1 aliphatic heterocycles. The van der Waals surface area contributed by atoms with Gasteiger partial charge in [-0.3, -0.25) is 4.79 Å². The van der Waals surface area contributed by atoms with Gasteiger partial charge in [0.25, 0.3) is 5.91 Å². The molecule has 2 aromatic heterocycles. The molecule has 0 unspecified atom stereocenters. The second kappa shape index (κ2) is 7.53. The zero-order chi connectivity index (χ0) is 18.6. The molecular weight excluding hydrogens is 350 g/mol. The van der Waals surface area contributed by atoms with E-state index in [-0.39, 0.29) is 18.4 Å². The Morgan fingerprint density at radius 1 is 1.19 bits per heavy atom. The van der Waals surface area contributed by atoms with E-state index in [1.165, 1.54) is 0 Å². The summed E-state index contributed by atoms with van der Waals surface area (Å²) in [6.07, 6.45) is 1.56. The fraction of sp³-hybridized carbons (Fsp3) is 0.316. The van der Waals surface area contributed by atoms with Crippen LogP contribution in [0.3, 0.4) is 0 Å². The Labute approximate surface area is 155 Å². The van der Waals surface area contributed by atoms with E-state index in [2.05, 4.69) is 10.1 Å². The van der Waals surface area contributed by atoms with Crippen molar-refractivity contribution in [1.82, 2.24) is 15.0 Å². The van der Waals surface area contributed by atoms with Gasteiger partial charge in [0.2, 0.25) is 11.7 Å². The average molecular weight is 369 g/mol. The van der Waals surface area contributed by atoms with Gasteiger partial charge in [0, 0.05) is 13.1 Å². The van der Waals surface area contributed by atoms with Crippen LogP contribution in [0.1, 0.15) is 18.7 Å². The van der Waals surface area contributed by atoms with E-state index in [1.54, 1.807) is 35.4 Å². The Morgan fingerprint density at radius 2 is 1.93 bits per heavy atom. The summed E-state index contributed by atoms with van der Waals surface area (Å²) in [6.45, 7) is 3.59. The number of carbonyl (C=O) groups is 1. The zero-order valence-corrected chi connectivity index (χ0v) is 14.8. The summed E-state index contributed by atoms with van der Waals surface area (Å²) < 4.78 is 21.4. The van der Waals surface area contributed by atoms with Crippen LogP contribution in [0.15, 0.2) is 51.6 Å². The van der Waals surface area contributed by atoms with Crippen LogP contribution in [0.25, 0.3) is 11.6 Å². The fourth-order valence-corrected chi connectivity index (χ4v) is 2.78. The molecule has 3 heterocycles. The maximum atomic E-state index is 12.2. The molecule has 0 spiro atoms. The van der Waals surface area contributed by atoms with Crippen molar-refractivity contribution in [2.24, 2.45) is 0 Å². The van der Waals surface area contributed by atoms with Crippen molar-refractivity contribution >= 4 is 5.91 Å². The molecule has 0 radical (unpaired) electrons. The highest BCUT2D eigenvalue weighted by atomic mass is 16.5. The van der Waals surface area contributed by atoms with E-state index in [4.69, 9.17) is 18.4 Å². The van der Waals surface area contributed by atoms with E-state index in [0.29, 0.717) is 42.9 Å². The Morgan fingerprint density at radius 3 is 2.59 bits per heavy atom. The molecule has 0 bridgehead atoms. The van der Waals surface area contributed by atoms with Gasteiger partial charge in [0.05, 0.1) is 18.8 Å². The minimum atomic E-state index is -0.0779. The first-order valence-corrected chi connectivity index (χ1v) is 8.74.